The Kier molecular flexibility index (Phi) is 7.84. The van der Waals surface area contributed by atoms with E-state index < -0.39 is 6.10 Å². The Morgan fingerprint density at radius 3 is 2.85 bits per heavy atom. The number of carbonyl (C=O) groups is 1. The van der Waals surface area contributed by atoms with Gasteiger partial charge in [0.25, 0.3) is 0 Å². The number of aryl methyl sites for hydroxylation is 1. The molecule has 1 aromatic heterocycles. The Hall–Kier alpha value is -1.67. The number of rotatable bonds is 8. The van der Waals surface area contributed by atoms with Crippen molar-refractivity contribution in [2.24, 2.45) is 0 Å². The van der Waals surface area contributed by atoms with E-state index in [0.29, 0.717) is 23.1 Å². The van der Waals surface area contributed by atoms with E-state index in [-0.39, 0.29) is 19.1 Å². The topological polar surface area (TPSA) is 74.7 Å². The normalized spacial score (nSPS) is 12.1. The molecule has 0 aliphatic carbocycles. The molecule has 1 unspecified atom stereocenters. The fourth-order valence-corrected chi connectivity index (χ4v) is 3.02. The summed E-state index contributed by atoms with van der Waals surface area (Å²) in [6.45, 7) is 2.46. The summed E-state index contributed by atoms with van der Waals surface area (Å²) in [5.74, 6) is 0.905. The molecule has 1 aromatic carbocycles. The van der Waals surface area contributed by atoms with Gasteiger partial charge in [-0.15, -0.1) is 0 Å². The van der Waals surface area contributed by atoms with Crippen LogP contribution in [-0.4, -0.2) is 53.7 Å². The molecule has 2 aromatic rings. The van der Waals surface area contributed by atoms with Crippen LogP contribution in [0.2, 0.25) is 5.02 Å². The predicted octanol–water partition coefficient (Wildman–Crippen LogP) is 3.12. The van der Waals surface area contributed by atoms with Gasteiger partial charge in [0.05, 0.1) is 11.0 Å². The molecule has 140 valence electrons. The summed E-state index contributed by atoms with van der Waals surface area (Å²) in [4.78, 5) is 17.9. The molecular weight excluding hydrogens is 422 g/mol. The lowest BCUT2D eigenvalue weighted by atomic mass is 10.3. The van der Waals surface area contributed by atoms with Gasteiger partial charge in [0, 0.05) is 17.8 Å². The number of aliphatic hydroxyl groups excluding tert-OH is 1. The maximum atomic E-state index is 12.0. The molecular formula is C18H21BrClN3O3. The Labute approximate surface area is 166 Å². The van der Waals surface area contributed by atoms with Crippen molar-refractivity contribution in [2.45, 2.75) is 13.0 Å². The quantitative estimate of drug-likeness (QED) is 0.657. The zero-order valence-electron chi connectivity index (χ0n) is 14.6. The van der Waals surface area contributed by atoms with Gasteiger partial charge in [0.1, 0.15) is 24.3 Å². The summed E-state index contributed by atoms with van der Waals surface area (Å²) in [5.41, 5.74) is 1.02. The summed E-state index contributed by atoms with van der Waals surface area (Å²) in [5, 5.41) is 13.4. The minimum absolute atomic E-state index is 0.103. The number of nitrogens with zero attached hydrogens (tertiary/aromatic N) is 2. The molecule has 26 heavy (non-hydrogen) atoms. The standard InChI is InChI=1S/C18H21BrClN3O3/c1-12-3-6-17(21-8-12)22-18(25)10-23(2)9-14(24)11-26-16-5-4-13(20)7-15(16)19/h3-8,14,24H,9-11H2,1-2H3,(H,21,22,25). The van der Waals surface area contributed by atoms with E-state index in [1.807, 2.05) is 13.0 Å². The van der Waals surface area contributed by atoms with Crippen molar-refractivity contribution < 1.29 is 14.6 Å². The number of aliphatic hydroxyl groups is 1. The summed E-state index contributed by atoms with van der Waals surface area (Å²) in [6.07, 6.45) is 0.947. The third-order valence-corrected chi connectivity index (χ3v) is 4.29. The maximum absolute atomic E-state index is 12.0. The second-order valence-corrected chi connectivity index (χ2v) is 7.30. The molecule has 8 heteroatoms. The minimum Gasteiger partial charge on any atom is -0.490 e. The number of carbonyl (C=O) groups excluding carboxylic acids is 1. The smallest absolute Gasteiger partial charge is 0.239 e. The van der Waals surface area contributed by atoms with Crippen molar-refractivity contribution in [3.8, 4) is 5.75 Å². The number of halogens is 2. The van der Waals surface area contributed by atoms with Gasteiger partial charge in [0.2, 0.25) is 5.91 Å². The summed E-state index contributed by atoms with van der Waals surface area (Å²) in [7, 11) is 1.75. The van der Waals surface area contributed by atoms with E-state index in [1.54, 1.807) is 42.4 Å². The van der Waals surface area contributed by atoms with Crippen LogP contribution in [0.15, 0.2) is 41.0 Å². The molecule has 6 nitrogen and oxygen atoms in total. The monoisotopic (exact) mass is 441 g/mol. The maximum Gasteiger partial charge on any atom is 0.239 e. The van der Waals surface area contributed by atoms with E-state index >= 15 is 0 Å². The lowest BCUT2D eigenvalue weighted by Gasteiger charge is -2.20. The van der Waals surface area contributed by atoms with E-state index in [9.17, 15) is 9.90 Å². The molecule has 1 atom stereocenters. The number of pyridine rings is 1. The average Bonchev–Trinajstić information content (AvgIpc) is 2.56. The number of likely N-dealkylation sites (N-methyl/N-ethyl adjacent to an activating group) is 1. The van der Waals surface area contributed by atoms with Crippen molar-refractivity contribution in [3.05, 3.63) is 51.6 Å². The second kappa shape index (κ2) is 9.87. The SMILES string of the molecule is Cc1ccc(NC(=O)CN(C)CC(O)COc2ccc(Cl)cc2Br)nc1. The van der Waals surface area contributed by atoms with Gasteiger partial charge < -0.3 is 15.2 Å². The Bertz CT molecular complexity index is 743. The van der Waals surface area contributed by atoms with Gasteiger partial charge in [-0.2, -0.15) is 0 Å². The van der Waals surface area contributed by atoms with Crippen molar-refractivity contribution >= 4 is 39.3 Å². The van der Waals surface area contributed by atoms with Crippen LogP contribution in [0.5, 0.6) is 5.75 Å². The van der Waals surface area contributed by atoms with Crippen LogP contribution in [0.4, 0.5) is 5.82 Å². The highest BCUT2D eigenvalue weighted by atomic mass is 79.9. The molecule has 0 radical (unpaired) electrons. The molecule has 1 amide bonds. The number of ether oxygens (including phenoxy) is 1. The molecule has 0 saturated heterocycles. The minimum atomic E-state index is -0.743. The highest BCUT2D eigenvalue weighted by molar-refractivity contribution is 9.10. The zero-order valence-corrected chi connectivity index (χ0v) is 16.9. The first-order chi connectivity index (χ1) is 12.3. The number of hydrogen-bond acceptors (Lipinski definition) is 5. The molecule has 2 N–H and O–H groups in total. The summed E-state index contributed by atoms with van der Waals surface area (Å²) >= 11 is 9.24. The number of hydrogen-bond donors (Lipinski definition) is 2. The van der Waals surface area contributed by atoms with E-state index in [1.165, 1.54) is 0 Å². The first-order valence-electron chi connectivity index (χ1n) is 8.00. The summed E-state index contributed by atoms with van der Waals surface area (Å²) < 4.78 is 6.29. The molecule has 0 aliphatic rings. The third-order valence-electron chi connectivity index (χ3n) is 3.44. The average molecular weight is 443 g/mol. The van der Waals surface area contributed by atoms with Crippen LogP contribution in [0, 0.1) is 6.92 Å². The molecule has 0 bridgehead atoms. The molecule has 0 fully saturated rings. The first kappa shape index (κ1) is 20.6. The predicted molar refractivity (Wildman–Crippen MR) is 106 cm³/mol. The number of amides is 1. The molecule has 1 heterocycles. The van der Waals surface area contributed by atoms with E-state index in [2.05, 4.69) is 26.2 Å². The zero-order chi connectivity index (χ0) is 19.1. The van der Waals surface area contributed by atoms with Crippen LogP contribution in [0.1, 0.15) is 5.56 Å². The van der Waals surface area contributed by atoms with Crippen LogP contribution < -0.4 is 10.1 Å². The highest BCUT2D eigenvalue weighted by Gasteiger charge is 2.13. The van der Waals surface area contributed by atoms with Gasteiger partial charge >= 0.3 is 0 Å². The third kappa shape index (κ3) is 6.92. The van der Waals surface area contributed by atoms with Crippen molar-refractivity contribution in [1.29, 1.82) is 0 Å². The van der Waals surface area contributed by atoms with Crippen LogP contribution >= 0.6 is 27.5 Å². The summed E-state index contributed by atoms with van der Waals surface area (Å²) in [6, 6.07) is 8.79. The number of anilines is 1. The van der Waals surface area contributed by atoms with Crippen molar-refractivity contribution in [3.63, 3.8) is 0 Å². The highest BCUT2D eigenvalue weighted by Crippen LogP contribution is 2.28. The number of benzene rings is 1. The first-order valence-corrected chi connectivity index (χ1v) is 9.17. The second-order valence-electron chi connectivity index (χ2n) is 6.01. The molecule has 0 saturated carbocycles. The fourth-order valence-electron chi connectivity index (χ4n) is 2.22. The van der Waals surface area contributed by atoms with Gasteiger partial charge in [-0.05, 0) is 59.7 Å². The van der Waals surface area contributed by atoms with Gasteiger partial charge in [0.15, 0.2) is 0 Å². The van der Waals surface area contributed by atoms with Crippen molar-refractivity contribution in [2.75, 3.05) is 32.1 Å². The van der Waals surface area contributed by atoms with Crippen LogP contribution in [0.3, 0.4) is 0 Å². The van der Waals surface area contributed by atoms with Crippen LogP contribution in [-0.2, 0) is 4.79 Å². The van der Waals surface area contributed by atoms with Gasteiger partial charge in [-0.1, -0.05) is 17.7 Å². The number of nitrogens with one attached hydrogen (secondary N) is 1. The number of aromatic nitrogens is 1. The molecule has 0 aliphatic heterocycles. The van der Waals surface area contributed by atoms with Crippen LogP contribution in [0.25, 0.3) is 0 Å². The van der Waals surface area contributed by atoms with E-state index in [0.717, 1.165) is 10.0 Å². The fraction of sp³-hybridized carbons (Fsp3) is 0.333. The lowest BCUT2D eigenvalue weighted by molar-refractivity contribution is -0.117. The lowest BCUT2D eigenvalue weighted by Crippen LogP contribution is -2.37. The largest absolute Gasteiger partial charge is 0.490 e. The van der Waals surface area contributed by atoms with Gasteiger partial charge in [-0.3, -0.25) is 9.69 Å². The van der Waals surface area contributed by atoms with Gasteiger partial charge in [-0.25, -0.2) is 4.98 Å². The Morgan fingerprint density at radius 2 is 2.19 bits per heavy atom. The van der Waals surface area contributed by atoms with E-state index in [4.69, 9.17) is 16.3 Å². The van der Waals surface area contributed by atoms with Crippen molar-refractivity contribution in [1.82, 2.24) is 9.88 Å². The Balaban J connectivity index is 1.74. The molecule has 2 rings (SSSR count). The molecule has 0 spiro atoms. The Morgan fingerprint density at radius 1 is 1.42 bits per heavy atom.